The maximum Gasteiger partial charge on any atom is 0.340 e. The molecule has 2 N–H and O–H groups in total. The fraction of sp³-hybridized carbons (Fsp3) is 0.318. The molecule has 184 valence electrons. The lowest BCUT2D eigenvalue weighted by Crippen LogP contribution is -2.30. The summed E-state index contributed by atoms with van der Waals surface area (Å²) < 4.78 is 41.5. The van der Waals surface area contributed by atoms with Crippen LogP contribution in [0, 0.1) is 0 Å². The van der Waals surface area contributed by atoms with Gasteiger partial charge in [-0.05, 0) is 11.6 Å². The van der Waals surface area contributed by atoms with E-state index in [1.54, 1.807) is 18.2 Å². The van der Waals surface area contributed by atoms with E-state index >= 15 is 0 Å². The van der Waals surface area contributed by atoms with Gasteiger partial charge in [-0.1, -0.05) is 18.2 Å². The molecular weight excluding hydrogens is 466 g/mol. The number of rotatable bonds is 10. The Morgan fingerprint density at radius 2 is 1.62 bits per heavy atom. The molecule has 2 rings (SSSR count). The van der Waals surface area contributed by atoms with Crippen LogP contribution in [0.4, 0.5) is 5.69 Å². The minimum Gasteiger partial charge on any atom is -0.493 e. The number of carbonyl (C=O) groups is 3. The lowest BCUT2D eigenvalue weighted by Gasteiger charge is -2.16. The van der Waals surface area contributed by atoms with E-state index in [1.165, 1.54) is 53.4 Å². The highest BCUT2D eigenvalue weighted by atomic mass is 32.2. The Kier molecular flexibility index (Phi) is 8.98. The molecule has 2 amide bonds. The number of ether oxygens (including phenoxy) is 3. The number of amides is 2. The highest BCUT2D eigenvalue weighted by Crippen LogP contribution is 2.33. The molecule has 0 heterocycles. The molecule has 0 aromatic heterocycles. The van der Waals surface area contributed by atoms with E-state index in [2.05, 4.69) is 10.6 Å². The SMILES string of the molecule is COc1cc(NC(C)=O)c(C(=O)OCC(=O)NCc2ccccc2S(=O)(=O)N(C)C)cc1OC. The Morgan fingerprint density at radius 3 is 2.21 bits per heavy atom. The third-order valence-electron chi connectivity index (χ3n) is 4.60. The topological polar surface area (TPSA) is 140 Å². The first-order valence-corrected chi connectivity index (χ1v) is 11.4. The Balaban J connectivity index is 2.11. The second-order valence-corrected chi connectivity index (χ2v) is 9.30. The van der Waals surface area contributed by atoms with Crippen LogP contribution in [0.3, 0.4) is 0 Å². The molecule has 12 heteroatoms. The number of methoxy groups -OCH3 is 2. The zero-order valence-corrected chi connectivity index (χ0v) is 20.3. The van der Waals surface area contributed by atoms with Crippen molar-refractivity contribution in [3.63, 3.8) is 0 Å². The van der Waals surface area contributed by atoms with Gasteiger partial charge in [0.15, 0.2) is 18.1 Å². The molecule has 0 saturated heterocycles. The van der Waals surface area contributed by atoms with Crippen molar-refractivity contribution in [1.29, 1.82) is 0 Å². The van der Waals surface area contributed by atoms with Crippen LogP contribution in [-0.2, 0) is 30.9 Å². The van der Waals surface area contributed by atoms with Gasteiger partial charge in [0.25, 0.3) is 5.91 Å². The van der Waals surface area contributed by atoms with Crippen LogP contribution in [0.5, 0.6) is 11.5 Å². The van der Waals surface area contributed by atoms with E-state index in [0.29, 0.717) is 5.56 Å². The third-order valence-corrected chi connectivity index (χ3v) is 6.51. The quantitative estimate of drug-likeness (QED) is 0.473. The monoisotopic (exact) mass is 493 g/mol. The molecule has 0 saturated carbocycles. The molecule has 0 aliphatic rings. The van der Waals surface area contributed by atoms with Gasteiger partial charge in [0.1, 0.15) is 0 Å². The lowest BCUT2D eigenvalue weighted by atomic mass is 10.1. The van der Waals surface area contributed by atoms with Crippen LogP contribution in [0.15, 0.2) is 41.3 Å². The van der Waals surface area contributed by atoms with Gasteiger partial charge in [0, 0.05) is 39.7 Å². The Morgan fingerprint density at radius 1 is 1.00 bits per heavy atom. The summed E-state index contributed by atoms with van der Waals surface area (Å²) in [4.78, 5) is 36.5. The number of anilines is 1. The van der Waals surface area contributed by atoms with Crippen molar-refractivity contribution >= 4 is 33.5 Å². The molecule has 2 aromatic carbocycles. The van der Waals surface area contributed by atoms with Crippen molar-refractivity contribution in [3.8, 4) is 11.5 Å². The number of sulfonamides is 1. The molecule has 11 nitrogen and oxygen atoms in total. The average Bonchev–Trinajstić information content (AvgIpc) is 2.80. The number of carbonyl (C=O) groups excluding carboxylic acids is 3. The van der Waals surface area contributed by atoms with Crippen molar-refractivity contribution in [2.45, 2.75) is 18.4 Å². The first kappa shape index (κ1) is 26.6. The Bertz CT molecular complexity index is 1180. The number of esters is 1. The largest absolute Gasteiger partial charge is 0.493 e. The number of nitrogens with one attached hydrogen (secondary N) is 2. The molecule has 0 spiro atoms. The van der Waals surface area contributed by atoms with Gasteiger partial charge in [0.2, 0.25) is 15.9 Å². The van der Waals surface area contributed by atoms with E-state index < -0.39 is 34.4 Å². The minimum atomic E-state index is -3.70. The maximum atomic E-state index is 12.6. The zero-order valence-electron chi connectivity index (χ0n) is 19.5. The fourth-order valence-corrected chi connectivity index (χ4v) is 4.01. The standard InChI is InChI=1S/C22H27N3O8S/c1-14(26)24-17-11-19(32-5)18(31-4)10-16(17)22(28)33-13-21(27)23-12-15-8-6-7-9-20(15)34(29,30)25(2)3/h6-11H,12-13H2,1-5H3,(H,23,27)(H,24,26). The second-order valence-electron chi connectivity index (χ2n) is 7.18. The summed E-state index contributed by atoms with van der Waals surface area (Å²) in [5.41, 5.74) is 0.463. The van der Waals surface area contributed by atoms with Gasteiger partial charge in [-0.25, -0.2) is 17.5 Å². The normalized spacial score (nSPS) is 11.0. The zero-order chi connectivity index (χ0) is 25.5. The van der Waals surface area contributed by atoms with E-state index in [9.17, 15) is 22.8 Å². The number of hydrogen-bond acceptors (Lipinski definition) is 8. The molecule has 34 heavy (non-hydrogen) atoms. The van der Waals surface area contributed by atoms with Gasteiger partial charge in [0.05, 0.1) is 30.4 Å². The Labute approximate surface area is 198 Å². The fourth-order valence-electron chi connectivity index (χ4n) is 2.89. The highest BCUT2D eigenvalue weighted by molar-refractivity contribution is 7.89. The Hall–Kier alpha value is -3.64. The molecule has 2 aromatic rings. The molecule has 0 atom stereocenters. The predicted molar refractivity (Wildman–Crippen MR) is 123 cm³/mol. The summed E-state index contributed by atoms with van der Waals surface area (Å²) in [7, 11) is 1.90. The van der Waals surface area contributed by atoms with Crippen LogP contribution < -0.4 is 20.1 Å². The maximum absolute atomic E-state index is 12.6. The lowest BCUT2D eigenvalue weighted by molar-refractivity contribution is -0.124. The van der Waals surface area contributed by atoms with E-state index in [1.807, 2.05) is 0 Å². The van der Waals surface area contributed by atoms with Crippen LogP contribution >= 0.6 is 0 Å². The van der Waals surface area contributed by atoms with Crippen molar-refractivity contribution in [2.24, 2.45) is 0 Å². The summed E-state index contributed by atoms with van der Waals surface area (Å²) >= 11 is 0. The molecule has 0 radical (unpaired) electrons. The molecule has 0 aliphatic carbocycles. The summed E-state index contributed by atoms with van der Waals surface area (Å²) in [5.74, 6) is -1.44. The number of nitrogens with zero attached hydrogens (tertiary/aromatic N) is 1. The van der Waals surface area contributed by atoms with Crippen molar-refractivity contribution in [1.82, 2.24) is 9.62 Å². The van der Waals surface area contributed by atoms with Gasteiger partial charge in [-0.15, -0.1) is 0 Å². The third kappa shape index (κ3) is 6.45. The summed E-state index contributed by atoms with van der Waals surface area (Å²) in [6, 6.07) is 8.98. The average molecular weight is 494 g/mol. The van der Waals surface area contributed by atoms with E-state index in [-0.39, 0.29) is 34.2 Å². The van der Waals surface area contributed by atoms with E-state index in [4.69, 9.17) is 14.2 Å². The van der Waals surface area contributed by atoms with Crippen LogP contribution in [0.25, 0.3) is 0 Å². The smallest absolute Gasteiger partial charge is 0.340 e. The van der Waals surface area contributed by atoms with Gasteiger partial charge >= 0.3 is 5.97 Å². The number of benzene rings is 2. The van der Waals surface area contributed by atoms with Crippen molar-refractivity contribution in [3.05, 3.63) is 47.5 Å². The molecular formula is C22H27N3O8S. The molecule has 0 aliphatic heterocycles. The first-order valence-electron chi connectivity index (χ1n) is 9.99. The van der Waals surface area contributed by atoms with Gasteiger partial charge < -0.3 is 24.8 Å². The summed E-state index contributed by atoms with van der Waals surface area (Å²) in [5, 5.41) is 5.04. The first-order chi connectivity index (χ1) is 16.0. The minimum absolute atomic E-state index is 0.0388. The molecule has 0 fully saturated rings. The van der Waals surface area contributed by atoms with Gasteiger partial charge in [-0.2, -0.15) is 0 Å². The molecule has 0 bridgehead atoms. The van der Waals surface area contributed by atoms with Crippen molar-refractivity contribution in [2.75, 3.05) is 40.2 Å². The highest BCUT2D eigenvalue weighted by Gasteiger charge is 2.22. The van der Waals surface area contributed by atoms with E-state index in [0.717, 1.165) is 4.31 Å². The molecule has 0 unspecified atom stereocenters. The second kappa shape index (κ2) is 11.5. The number of hydrogen-bond donors (Lipinski definition) is 2. The van der Waals surface area contributed by atoms with Crippen molar-refractivity contribution < 1.29 is 37.0 Å². The van der Waals surface area contributed by atoms with Gasteiger partial charge in [-0.3, -0.25) is 9.59 Å². The van der Waals surface area contributed by atoms with Crippen LogP contribution in [0.1, 0.15) is 22.8 Å². The predicted octanol–water partition coefficient (Wildman–Crippen LogP) is 1.39. The van der Waals surface area contributed by atoms with Crippen LogP contribution in [0.2, 0.25) is 0 Å². The van der Waals surface area contributed by atoms with Crippen LogP contribution in [-0.4, -0.2) is 65.4 Å². The summed E-state index contributed by atoms with van der Waals surface area (Å²) in [6.45, 7) is 0.552. The summed E-state index contributed by atoms with van der Waals surface area (Å²) in [6.07, 6.45) is 0.